The second-order valence-corrected chi connectivity index (χ2v) is 9.21. The number of tetrazole rings is 1. The number of thioether (sulfide) groups is 1. The lowest BCUT2D eigenvalue weighted by molar-refractivity contribution is 0.102. The zero-order chi connectivity index (χ0) is 20.7. The minimum atomic E-state index is -3.19. The Morgan fingerprint density at radius 1 is 1.07 bits per heavy atom. The highest BCUT2D eigenvalue weighted by molar-refractivity contribution is 7.99. The topological polar surface area (TPSA) is 107 Å². The summed E-state index contributed by atoms with van der Waals surface area (Å²) < 4.78 is 26.3. The van der Waals surface area contributed by atoms with Crippen molar-refractivity contribution in [1.29, 1.82) is 0 Å². The van der Waals surface area contributed by atoms with E-state index in [2.05, 4.69) is 20.2 Å². The SMILES string of the molecule is CS(=O)(=O)NCCc1ccc(C(=O)CSc2nnnn2Cc2ccccc2)cc1. The van der Waals surface area contributed by atoms with Crippen molar-refractivity contribution in [3.8, 4) is 0 Å². The molecule has 0 radical (unpaired) electrons. The molecule has 2 aromatic carbocycles. The molecule has 0 amide bonds. The molecule has 0 aliphatic rings. The zero-order valence-electron chi connectivity index (χ0n) is 15.9. The van der Waals surface area contributed by atoms with Gasteiger partial charge in [-0.3, -0.25) is 4.79 Å². The predicted molar refractivity (Wildman–Crippen MR) is 111 cm³/mol. The molecule has 152 valence electrons. The van der Waals surface area contributed by atoms with Crippen LogP contribution in [0.25, 0.3) is 0 Å². The zero-order valence-corrected chi connectivity index (χ0v) is 17.5. The van der Waals surface area contributed by atoms with E-state index in [0.29, 0.717) is 30.2 Å². The molecule has 0 saturated carbocycles. The fourth-order valence-corrected chi connectivity index (χ4v) is 3.85. The van der Waals surface area contributed by atoms with Crippen LogP contribution in [0.5, 0.6) is 0 Å². The number of aromatic nitrogens is 4. The molecule has 0 bridgehead atoms. The van der Waals surface area contributed by atoms with E-state index >= 15 is 0 Å². The van der Waals surface area contributed by atoms with E-state index < -0.39 is 10.0 Å². The fraction of sp³-hybridized carbons (Fsp3) is 0.263. The Morgan fingerprint density at radius 2 is 1.79 bits per heavy atom. The predicted octanol–water partition coefficient (Wildman–Crippen LogP) is 1.79. The lowest BCUT2D eigenvalue weighted by Gasteiger charge is -2.06. The van der Waals surface area contributed by atoms with E-state index in [4.69, 9.17) is 0 Å². The number of hydrogen-bond donors (Lipinski definition) is 1. The van der Waals surface area contributed by atoms with Gasteiger partial charge in [0.2, 0.25) is 15.2 Å². The van der Waals surface area contributed by atoms with E-state index in [1.165, 1.54) is 11.8 Å². The molecule has 8 nitrogen and oxygen atoms in total. The number of hydrogen-bond acceptors (Lipinski definition) is 7. The summed E-state index contributed by atoms with van der Waals surface area (Å²) in [6, 6.07) is 17.0. The Bertz CT molecular complexity index is 1050. The molecule has 0 atom stereocenters. The number of rotatable bonds is 10. The number of carbonyl (C=O) groups excluding carboxylic acids is 1. The average Bonchev–Trinajstić information content (AvgIpc) is 3.13. The smallest absolute Gasteiger partial charge is 0.210 e. The highest BCUT2D eigenvalue weighted by Crippen LogP contribution is 2.17. The van der Waals surface area contributed by atoms with Crippen molar-refractivity contribution in [1.82, 2.24) is 24.9 Å². The van der Waals surface area contributed by atoms with Gasteiger partial charge in [0, 0.05) is 12.1 Å². The lowest BCUT2D eigenvalue weighted by Crippen LogP contribution is -2.24. The second-order valence-electron chi connectivity index (χ2n) is 6.43. The molecule has 0 aliphatic heterocycles. The van der Waals surface area contributed by atoms with E-state index in [1.54, 1.807) is 16.8 Å². The van der Waals surface area contributed by atoms with E-state index in [-0.39, 0.29) is 11.5 Å². The Hall–Kier alpha value is -2.56. The minimum Gasteiger partial charge on any atom is -0.293 e. The number of nitrogens with zero attached hydrogens (tertiary/aromatic N) is 4. The quantitative estimate of drug-likeness (QED) is 0.385. The molecule has 3 aromatic rings. The lowest BCUT2D eigenvalue weighted by atomic mass is 10.1. The number of benzene rings is 2. The van der Waals surface area contributed by atoms with Gasteiger partial charge in [0.05, 0.1) is 18.6 Å². The Morgan fingerprint density at radius 3 is 2.48 bits per heavy atom. The van der Waals surface area contributed by atoms with Crippen molar-refractivity contribution < 1.29 is 13.2 Å². The van der Waals surface area contributed by atoms with Crippen LogP contribution in [0, 0.1) is 0 Å². The van der Waals surface area contributed by atoms with Crippen LogP contribution in [-0.2, 0) is 23.0 Å². The number of sulfonamides is 1. The summed E-state index contributed by atoms with van der Waals surface area (Å²) in [5.74, 6) is 0.203. The molecule has 10 heteroatoms. The van der Waals surface area contributed by atoms with Gasteiger partial charge in [0.25, 0.3) is 0 Å². The molecule has 0 aliphatic carbocycles. The third kappa shape index (κ3) is 6.77. The molecule has 1 aromatic heterocycles. The van der Waals surface area contributed by atoms with Gasteiger partial charge >= 0.3 is 0 Å². The monoisotopic (exact) mass is 431 g/mol. The van der Waals surface area contributed by atoms with E-state index in [0.717, 1.165) is 17.4 Å². The summed E-state index contributed by atoms with van der Waals surface area (Å²) in [5.41, 5.74) is 2.63. The minimum absolute atomic E-state index is 0.0231. The first-order valence-electron chi connectivity index (χ1n) is 8.90. The molecule has 0 saturated heterocycles. The van der Waals surface area contributed by atoms with Gasteiger partial charge in [-0.1, -0.05) is 66.4 Å². The molecule has 0 spiro atoms. The van der Waals surface area contributed by atoms with Crippen LogP contribution in [-0.4, -0.2) is 53.0 Å². The van der Waals surface area contributed by atoms with Crippen molar-refractivity contribution in [3.63, 3.8) is 0 Å². The maximum absolute atomic E-state index is 12.5. The van der Waals surface area contributed by atoms with Crippen molar-refractivity contribution >= 4 is 27.6 Å². The molecule has 0 fully saturated rings. The van der Waals surface area contributed by atoms with E-state index in [1.807, 2.05) is 42.5 Å². The van der Waals surface area contributed by atoms with Gasteiger partial charge in [-0.2, -0.15) is 0 Å². The highest BCUT2D eigenvalue weighted by Gasteiger charge is 2.12. The summed E-state index contributed by atoms with van der Waals surface area (Å²) >= 11 is 1.30. The largest absolute Gasteiger partial charge is 0.293 e. The van der Waals surface area contributed by atoms with Crippen molar-refractivity contribution in [2.45, 2.75) is 18.1 Å². The standard InChI is InChI=1S/C19H21N5O3S2/c1-29(26,27)20-12-11-15-7-9-17(10-8-15)18(25)14-28-19-21-22-23-24(19)13-16-5-3-2-4-6-16/h2-10,20H,11-14H2,1H3. The molecule has 1 N–H and O–H groups in total. The van der Waals surface area contributed by atoms with Gasteiger partial charge < -0.3 is 0 Å². The first-order valence-corrected chi connectivity index (χ1v) is 11.8. The summed E-state index contributed by atoms with van der Waals surface area (Å²) in [5, 5.41) is 12.3. The highest BCUT2D eigenvalue weighted by atomic mass is 32.2. The summed E-state index contributed by atoms with van der Waals surface area (Å²) in [6.07, 6.45) is 1.69. The van der Waals surface area contributed by atoms with Gasteiger partial charge in [-0.05, 0) is 28.0 Å². The summed E-state index contributed by atoms with van der Waals surface area (Å²) in [4.78, 5) is 12.5. The Kier molecular flexibility index (Phi) is 7.13. The normalized spacial score (nSPS) is 11.5. The third-order valence-corrected chi connectivity index (χ3v) is 5.75. The molecular formula is C19H21N5O3S2. The van der Waals surface area contributed by atoms with Crippen molar-refractivity contribution in [2.75, 3.05) is 18.6 Å². The van der Waals surface area contributed by atoms with Crippen molar-refractivity contribution in [3.05, 3.63) is 71.3 Å². The van der Waals surface area contributed by atoms with Crippen LogP contribution in [0.2, 0.25) is 0 Å². The molecule has 0 unspecified atom stereocenters. The number of carbonyl (C=O) groups is 1. The number of Topliss-reactive ketones (excluding diaryl/α,β-unsaturated/α-hetero) is 1. The number of ketones is 1. The first-order chi connectivity index (χ1) is 13.9. The van der Waals surface area contributed by atoms with Crippen LogP contribution in [0.3, 0.4) is 0 Å². The third-order valence-electron chi connectivity index (χ3n) is 4.06. The van der Waals surface area contributed by atoms with Crippen molar-refractivity contribution in [2.24, 2.45) is 0 Å². The van der Waals surface area contributed by atoms with E-state index in [9.17, 15) is 13.2 Å². The molecule has 1 heterocycles. The maximum Gasteiger partial charge on any atom is 0.210 e. The van der Waals surface area contributed by atoms with Gasteiger partial charge in [-0.25, -0.2) is 17.8 Å². The van der Waals surface area contributed by atoms with Crippen LogP contribution >= 0.6 is 11.8 Å². The summed E-state index contributed by atoms with van der Waals surface area (Å²) in [6.45, 7) is 0.868. The van der Waals surface area contributed by atoms with Crippen LogP contribution in [0.1, 0.15) is 21.5 Å². The first kappa shape index (κ1) is 21.2. The Labute approximate surface area is 173 Å². The van der Waals surface area contributed by atoms with Gasteiger partial charge in [0.1, 0.15) is 0 Å². The Balaban J connectivity index is 1.53. The number of nitrogens with one attached hydrogen (secondary N) is 1. The molecular weight excluding hydrogens is 410 g/mol. The van der Waals surface area contributed by atoms with Gasteiger partial charge in [0.15, 0.2) is 5.78 Å². The second kappa shape index (κ2) is 9.77. The molecule has 3 rings (SSSR count). The summed E-state index contributed by atoms with van der Waals surface area (Å²) in [7, 11) is -3.19. The fourth-order valence-electron chi connectivity index (χ4n) is 2.61. The van der Waals surface area contributed by atoms with Crippen LogP contribution in [0.4, 0.5) is 0 Å². The average molecular weight is 432 g/mol. The molecule has 29 heavy (non-hydrogen) atoms. The maximum atomic E-state index is 12.5. The van der Waals surface area contributed by atoms with Crippen LogP contribution in [0.15, 0.2) is 59.8 Å². The van der Waals surface area contributed by atoms with Crippen LogP contribution < -0.4 is 4.72 Å². The van der Waals surface area contributed by atoms with Gasteiger partial charge in [-0.15, -0.1) is 5.10 Å².